The quantitative estimate of drug-likeness (QED) is 0.519. The van der Waals surface area contributed by atoms with Gasteiger partial charge in [-0.3, -0.25) is 14.9 Å². The van der Waals surface area contributed by atoms with Gasteiger partial charge in [0.1, 0.15) is 17.1 Å². The fourth-order valence-electron chi connectivity index (χ4n) is 3.40. The van der Waals surface area contributed by atoms with Crippen LogP contribution in [0.2, 0.25) is 0 Å². The Hall–Kier alpha value is -3.62. The van der Waals surface area contributed by atoms with Crippen LogP contribution in [0.4, 0.5) is 11.5 Å². The van der Waals surface area contributed by atoms with Gasteiger partial charge in [0.2, 0.25) is 0 Å². The number of nitrogens with one attached hydrogen (secondary N) is 1. The zero-order valence-electron chi connectivity index (χ0n) is 15.3. The van der Waals surface area contributed by atoms with Gasteiger partial charge in [0.05, 0.1) is 18.6 Å². The van der Waals surface area contributed by atoms with Gasteiger partial charge in [-0.1, -0.05) is 0 Å². The van der Waals surface area contributed by atoms with Crippen molar-refractivity contribution in [3.8, 4) is 5.75 Å². The van der Waals surface area contributed by atoms with Crippen LogP contribution in [-0.4, -0.2) is 47.4 Å². The Labute approximate surface area is 160 Å². The SMILES string of the molecule is COc1ccc(C(=O)NCCN2CCn3nc4cc([N+](=O)[O-])ccc4c32)cc1. The van der Waals surface area contributed by atoms with Gasteiger partial charge < -0.3 is 15.0 Å². The number of aromatic nitrogens is 2. The Kier molecular flexibility index (Phi) is 4.56. The summed E-state index contributed by atoms with van der Waals surface area (Å²) in [4.78, 5) is 24.9. The number of methoxy groups -OCH3 is 1. The molecule has 9 nitrogen and oxygen atoms in total. The number of carbonyl (C=O) groups excluding carboxylic acids is 1. The molecule has 2 aromatic carbocycles. The van der Waals surface area contributed by atoms with Gasteiger partial charge in [0, 0.05) is 42.7 Å². The standard InChI is InChI=1S/C19H19N5O4/c1-28-15-5-2-13(3-6-15)18(25)20-8-9-22-10-11-23-19(22)16-7-4-14(24(26)27)12-17(16)21-23/h2-7,12H,8-11H2,1H3,(H,20,25). The smallest absolute Gasteiger partial charge is 0.271 e. The average molecular weight is 381 g/mol. The van der Waals surface area contributed by atoms with E-state index in [0.717, 1.165) is 17.7 Å². The first-order chi connectivity index (χ1) is 13.6. The molecule has 0 fully saturated rings. The lowest BCUT2D eigenvalue weighted by atomic mass is 10.2. The maximum Gasteiger partial charge on any atom is 0.271 e. The van der Waals surface area contributed by atoms with E-state index in [-0.39, 0.29) is 11.6 Å². The van der Waals surface area contributed by atoms with Crippen LogP contribution in [0, 0.1) is 10.1 Å². The summed E-state index contributed by atoms with van der Waals surface area (Å²) in [5.41, 5.74) is 1.21. The highest BCUT2D eigenvalue weighted by Crippen LogP contribution is 2.32. The van der Waals surface area contributed by atoms with Crippen molar-refractivity contribution in [3.63, 3.8) is 0 Å². The number of anilines is 1. The number of nitro benzene ring substituents is 1. The molecule has 0 spiro atoms. The summed E-state index contributed by atoms with van der Waals surface area (Å²) in [7, 11) is 1.58. The van der Waals surface area contributed by atoms with Crippen LogP contribution in [0.1, 0.15) is 10.4 Å². The molecule has 0 saturated carbocycles. The van der Waals surface area contributed by atoms with E-state index >= 15 is 0 Å². The minimum Gasteiger partial charge on any atom is -0.497 e. The highest BCUT2D eigenvalue weighted by atomic mass is 16.6. The van der Waals surface area contributed by atoms with Crippen molar-refractivity contribution >= 4 is 28.3 Å². The summed E-state index contributed by atoms with van der Waals surface area (Å²) in [6.45, 7) is 2.60. The Morgan fingerprint density at radius 3 is 2.75 bits per heavy atom. The molecule has 0 radical (unpaired) electrons. The Balaban J connectivity index is 1.42. The minimum absolute atomic E-state index is 0.0302. The van der Waals surface area contributed by atoms with Crippen molar-refractivity contribution in [1.29, 1.82) is 0 Å². The van der Waals surface area contributed by atoms with Crippen molar-refractivity contribution in [2.45, 2.75) is 6.54 Å². The fraction of sp³-hybridized carbons (Fsp3) is 0.263. The van der Waals surface area contributed by atoms with Gasteiger partial charge in [0.25, 0.3) is 11.6 Å². The van der Waals surface area contributed by atoms with Crippen LogP contribution in [-0.2, 0) is 6.54 Å². The topological polar surface area (TPSA) is 103 Å². The van der Waals surface area contributed by atoms with E-state index in [1.165, 1.54) is 12.1 Å². The molecule has 0 unspecified atom stereocenters. The number of fused-ring (bicyclic) bond motifs is 3. The van der Waals surface area contributed by atoms with E-state index in [4.69, 9.17) is 4.74 Å². The van der Waals surface area contributed by atoms with E-state index in [0.29, 0.717) is 36.5 Å². The minimum atomic E-state index is -0.420. The number of hydrogen-bond acceptors (Lipinski definition) is 6. The first-order valence-corrected chi connectivity index (χ1v) is 8.89. The van der Waals surface area contributed by atoms with Gasteiger partial charge in [-0.2, -0.15) is 5.10 Å². The summed E-state index contributed by atoms with van der Waals surface area (Å²) >= 11 is 0. The van der Waals surface area contributed by atoms with Gasteiger partial charge in [0.15, 0.2) is 0 Å². The highest BCUT2D eigenvalue weighted by molar-refractivity contribution is 5.94. The lowest BCUT2D eigenvalue weighted by Crippen LogP contribution is -2.34. The highest BCUT2D eigenvalue weighted by Gasteiger charge is 2.24. The Bertz CT molecular complexity index is 1040. The number of amides is 1. The molecule has 9 heteroatoms. The monoisotopic (exact) mass is 381 g/mol. The number of hydrogen-bond donors (Lipinski definition) is 1. The summed E-state index contributed by atoms with van der Waals surface area (Å²) < 4.78 is 6.96. The van der Waals surface area contributed by atoms with Gasteiger partial charge >= 0.3 is 0 Å². The molecule has 3 aromatic rings. The van der Waals surface area contributed by atoms with E-state index in [1.807, 2.05) is 4.68 Å². The van der Waals surface area contributed by atoms with Crippen LogP contribution in [0.5, 0.6) is 5.75 Å². The molecule has 0 saturated heterocycles. The third-order valence-corrected chi connectivity index (χ3v) is 4.81. The number of carbonyl (C=O) groups is 1. The number of benzene rings is 2. The summed E-state index contributed by atoms with van der Waals surface area (Å²) in [6, 6.07) is 11.7. The molecule has 1 aliphatic rings. The fourth-order valence-corrected chi connectivity index (χ4v) is 3.40. The third kappa shape index (κ3) is 3.22. The Morgan fingerprint density at radius 1 is 1.25 bits per heavy atom. The van der Waals surface area contributed by atoms with Crippen molar-refractivity contribution in [2.24, 2.45) is 0 Å². The first-order valence-electron chi connectivity index (χ1n) is 8.89. The zero-order valence-corrected chi connectivity index (χ0v) is 15.3. The zero-order chi connectivity index (χ0) is 19.7. The first kappa shape index (κ1) is 17.8. The molecule has 1 aromatic heterocycles. The third-order valence-electron chi connectivity index (χ3n) is 4.81. The summed E-state index contributed by atoms with van der Waals surface area (Å²) in [5, 5.41) is 19.2. The van der Waals surface area contributed by atoms with Crippen molar-refractivity contribution in [2.75, 3.05) is 31.6 Å². The van der Waals surface area contributed by atoms with Gasteiger partial charge in [-0.05, 0) is 30.3 Å². The normalized spacial score (nSPS) is 12.8. The molecule has 1 N–H and O–H groups in total. The molecular weight excluding hydrogens is 362 g/mol. The number of rotatable bonds is 6. The molecule has 28 heavy (non-hydrogen) atoms. The number of nitro groups is 1. The van der Waals surface area contributed by atoms with Crippen molar-refractivity contribution < 1.29 is 14.5 Å². The lowest BCUT2D eigenvalue weighted by molar-refractivity contribution is -0.384. The van der Waals surface area contributed by atoms with Crippen LogP contribution < -0.4 is 15.0 Å². The van der Waals surface area contributed by atoms with Crippen LogP contribution in [0.3, 0.4) is 0 Å². The largest absolute Gasteiger partial charge is 0.497 e. The van der Waals surface area contributed by atoms with Crippen LogP contribution in [0.15, 0.2) is 42.5 Å². The molecule has 0 bridgehead atoms. The second-order valence-corrected chi connectivity index (χ2v) is 6.48. The number of nitrogens with zero attached hydrogens (tertiary/aromatic N) is 4. The molecule has 144 valence electrons. The van der Waals surface area contributed by atoms with Crippen molar-refractivity contribution in [3.05, 3.63) is 58.1 Å². The van der Waals surface area contributed by atoms with Crippen LogP contribution >= 0.6 is 0 Å². The molecular formula is C19H19N5O4. The predicted molar refractivity (Wildman–Crippen MR) is 104 cm³/mol. The second kappa shape index (κ2) is 7.18. The molecule has 2 heterocycles. The number of non-ortho nitro benzene ring substituents is 1. The molecule has 4 rings (SSSR count). The molecule has 0 atom stereocenters. The van der Waals surface area contributed by atoms with Gasteiger partial charge in [-0.15, -0.1) is 0 Å². The van der Waals surface area contributed by atoms with E-state index in [2.05, 4.69) is 15.3 Å². The van der Waals surface area contributed by atoms with E-state index in [1.54, 1.807) is 37.4 Å². The predicted octanol–water partition coefficient (Wildman–Crippen LogP) is 2.20. The Morgan fingerprint density at radius 2 is 2.04 bits per heavy atom. The maximum absolute atomic E-state index is 12.3. The summed E-state index contributed by atoms with van der Waals surface area (Å²) in [6.07, 6.45) is 0. The van der Waals surface area contributed by atoms with Crippen molar-refractivity contribution in [1.82, 2.24) is 15.1 Å². The van der Waals surface area contributed by atoms with E-state index < -0.39 is 4.92 Å². The van der Waals surface area contributed by atoms with E-state index in [9.17, 15) is 14.9 Å². The lowest BCUT2D eigenvalue weighted by Gasteiger charge is -2.18. The average Bonchev–Trinajstić information content (AvgIpc) is 3.26. The molecule has 0 aliphatic carbocycles. The molecule has 1 aliphatic heterocycles. The maximum atomic E-state index is 12.3. The van der Waals surface area contributed by atoms with Gasteiger partial charge in [-0.25, -0.2) is 4.68 Å². The second-order valence-electron chi connectivity index (χ2n) is 6.48. The van der Waals surface area contributed by atoms with Crippen LogP contribution in [0.25, 0.3) is 10.9 Å². The molecule has 1 amide bonds. The summed E-state index contributed by atoms with van der Waals surface area (Å²) in [5.74, 6) is 1.49. The number of ether oxygens (including phenoxy) is 1.